The summed E-state index contributed by atoms with van der Waals surface area (Å²) in [7, 11) is 0. The largest absolute Gasteiger partial charge is 0.383 e. The molecule has 0 spiro atoms. The molecule has 0 atom stereocenters. The van der Waals surface area contributed by atoms with E-state index in [4.69, 9.17) is 5.73 Å². The molecule has 0 saturated carbocycles. The molecule has 3 heterocycles. The third-order valence-electron chi connectivity index (χ3n) is 4.94. The lowest BCUT2D eigenvalue weighted by molar-refractivity contribution is 0.0747. The normalized spacial score (nSPS) is 14.3. The minimum Gasteiger partial charge on any atom is -0.383 e. The summed E-state index contributed by atoms with van der Waals surface area (Å²) in [5.41, 5.74) is 7.77. The van der Waals surface area contributed by atoms with Crippen LogP contribution in [0, 0.1) is 6.92 Å². The van der Waals surface area contributed by atoms with Gasteiger partial charge < -0.3 is 15.5 Å². The van der Waals surface area contributed by atoms with Gasteiger partial charge in [-0.15, -0.1) is 0 Å². The minimum atomic E-state index is -0.0738. The van der Waals surface area contributed by atoms with Crippen LogP contribution in [-0.2, 0) is 6.54 Å². The van der Waals surface area contributed by atoms with Gasteiger partial charge >= 0.3 is 0 Å². The van der Waals surface area contributed by atoms with Crippen LogP contribution in [0.15, 0.2) is 48.8 Å². The van der Waals surface area contributed by atoms with Gasteiger partial charge in [0.15, 0.2) is 0 Å². The first-order chi connectivity index (χ1) is 13.6. The van der Waals surface area contributed by atoms with E-state index in [1.54, 1.807) is 17.1 Å². The van der Waals surface area contributed by atoms with Crippen molar-refractivity contribution in [2.45, 2.75) is 13.5 Å². The van der Waals surface area contributed by atoms with Crippen LogP contribution >= 0.6 is 0 Å². The molecule has 1 aliphatic rings. The highest BCUT2D eigenvalue weighted by Gasteiger charge is 2.26. The number of hydrogen-bond acceptors (Lipinski definition) is 6. The fourth-order valence-corrected chi connectivity index (χ4v) is 3.37. The number of nitrogens with two attached hydrogens (primary N) is 1. The van der Waals surface area contributed by atoms with Crippen LogP contribution < -0.4 is 10.6 Å². The Morgan fingerprint density at radius 1 is 1.11 bits per heavy atom. The van der Waals surface area contributed by atoms with Crippen LogP contribution in [0.3, 0.4) is 0 Å². The second-order valence-electron chi connectivity index (χ2n) is 6.83. The van der Waals surface area contributed by atoms with E-state index in [2.05, 4.69) is 20.0 Å². The first-order valence-electron chi connectivity index (χ1n) is 9.31. The Morgan fingerprint density at radius 3 is 2.57 bits per heavy atom. The topological polar surface area (TPSA) is 93.2 Å². The summed E-state index contributed by atoms with van der Waals surface area (Å²) < 4.78 is 1.67. The van der Waals surface area contributed by atoms with Gasteiger partial charge in [0.1, 0.15) is 23.0 Å². The second kappa shape index (κ2) is 7.67. The van der Waals surface area contributed by atoms with Crippen molar-refractivity contribution in [3.63, 3.8) is 0 Å². The Balaban J connectivity index is 1.42. The Bertz CT molecular complexity index is 962. The van der Waals surface area contributed by atoms with E-state index in [1.807, 2.05) is 48.2 Å². The summed E-state index contributed by atoms with van der Waals surface area (Å²) in [4.78, 5) is 25.5. The van der Waals surface area contributed by atoms with Crippen molar-refractivity contribution in [1.82, 2.24) is 24.6 Å². The molecule has 0 unspecified atom stereocenters. The standard InChI is InChI=1S/C20H23N7O/c1-15-22-8-7-18(24-15)25-9-11-26(12-10-25)20(28)17-13-23-27(19(17)21)14-16-5-3-2-4-6-16/h2-8,13H,9-12,14,21H2,1H3. The Hall–Kier alpha value is -3.42. The predicted octanol–water partition coefficient (Wildman–Crippen LogP) is 1.57. The second-order valence-corrected chi connectivity index (χ2v) is 6.83. The molecule has 1 amide bonds. The van der Waals surface area contributed by atoms with E-state index in [0.29, 0.717) is 31.0 Å². The van der Waals surface area contributed by atoms with Crippen LogP contribution in [0.1, 0.15) is 21.7 Å². The molecule has 1 fully saturated rings. The number of nitrogen functional groups attached to an aromatic ring is 1. The van der Waals surface area contributed by atoms with Gasteiger partial charge in [-0.3, -0.25) is 4.79 Å². The Kier molecular flexibility index (Phi) is 4.92. The first kappa shape index (κ1) is 18.0. The van der Waals surface area contributed by atoms with Crippen molar-refractivity contribution in [3.8, 4) is 0 Å². The van der Waals surface area contributed by atoms with E-state index in [0.717, 1.165) is 30.3 Å². The number of aromatic nitrogens is 4. The SMILES string of the molecule is Cc1nccc(N2CCN(C(=O)c3cnn(Cc4ccccc4)c3N)CC2)n1. The highest BCUT2D eigenvalue weighted by Crippen LogP contribution is 2.18. The van der Waals surface area contributed by atoms with Crippen molar-refractivity contribution >= 4 is 17.5 Å². The van der Waals surface area contributed by atoms with Crippen molar-refractivity contribution in [2.24, 2.45) is 0 Å². The highest BCUT2D eigenvalue weighted by atomic mass is 16.2. The number of nitrogens with zero attached hydrogens (tertiary/aromatic N) is 6. The zero-order valence-electron chi connectivity index (χ0n) is 15.8. The molecule has 1 aromatic carbocycles. The van der Waals surface area contributed by atoms with E-state index in [1.165, 1.54) is 0 Å². The van der Waals surface area contributed by atoms with E-state index >= 15 is 0 Å². The molecule has 1 saturated heterocycles. The molecule has 0 aliphatic carbocycles. The molecule has 8 heteroatoms. The molecular weight excluding hydrogens is 354 g/mol. The lowest BCUT2D eigenvalue weighted by Gasteiger charge is -2.35. The molecule has 4 rings (SSSR count). The van der Waals surface area contributed by atoms with Gasteiger partial charge in [-0.1, -0.05) is 30.3 Å². The summed E-state index contributed by atoms with van der Waals surface area (Å²) in [6.45, 7) is 5.09. The first-order valence-corrected chi connectivity index (χ1v) is 9.31. The quantitative estimate of drug-likeness (QED) is 0.742. The monoisotopic (exact) mass is 377 g/mol. The predicted molar refractivity (Wildman–Crippen MR) is 107 cm³/mol. The third-order valence-corrected chi connectivity index (χ3v) is 4.94. The number of benzene rings is 1. The number of carbonyl (C=O) groups is 1. The van der Waals surface area contributed by atoms with E-state index < -0.39 is 0 Å². The number of anilines is 2. The lowest BCUT2D eigenvalue weighted by Crippen LogP contribution is -2.49. The summed E-state index contributed by atoms with van der Waals surface area (Å²) >= 11 is 0. The zero-order valence-corrected chi connectivity index (χ0v) is 15.8. The van der Waals surface area contributed by atoms with Crippen LogP contribution in [-0.4, -0.2) is 56.7 Å². The molecule has 0 radical (unpaired) electrons. The molecule has 8 nitrogen and oxygen atoms in total. The zero-order chi connectivity index (χ0) is 19.5. The number of piperazine rings is 1. The number of hydrogen-bond donors (Lipinski definition) is 1. The average molecular weight is 377 g/mol. The van der Waals surface area contributed by atoms with E-state index in [9.17, 15) is 4.79 Å². The summed E-state index contributed by atoms with van der Waals surface area (Å²) in [5.74, 6) is 1.97. The van der Waals surface area contributed by atoms with Gasteiger partial charge in [0.2, 0.25) is 0 Å². The number of aryl methyl sites for hydroxylation is 1. The van der Waals surface area contributed by atoms with Crippen molar-refractivity contribution in [2.75, 3.05) is 36.8 Å². The minimum absolute atomic E-state index is 0.0738. The van der Waals surface area contributed by atoms with Crippen LogP contribution in [0.2, 0.25) is 0 Å². The molecule has 144 valence electrons. The summed E-state index contributed by atoms with van der Waals surface area (Å²) in [6.07, 6.45) is 3.33. The smallest absolute Gasteiger partial charge is 0.259 e. The fraction of sp³-hybridized carbons (Fsp3) is 0.300. The molecule has 1 aliphatic heterocycles. The van der Waals surface area contributed by atoms with Gasteiger partial charge in [-0.25, -0.2) is 14.6 Å². The highest BCUT2D eigenvalue weighted by molar-refractivity contribution is 5.98. The van der Waals surface area contributed by atoms with Crippen LogP contribution in [0.5, 0.6) is 0 Å². The van der Waals surface area contributed by atoms with E-state index in [-0.39, 0.29) is 5.91 Å². The van der Waals surface area contributed by atoms with Gasteiger partial charge in [0.25, 0.3) is 5.91 Å². The maximum absolute atomic E-state index is 12.9. The number of rotatable bonds is 4. The molecule has 28 heavy (non-hydrogen) atoms. The lowest BCUT2D eigenvalue weighted by atomic mass is 10.2. The maximum Gasteiger partial charge on any atom is 0.259 e. The number of carbonyl (C=O) groups excluding carboxylic acids is 1. The van der Waals surface area contributed by atoms with Crippen molar-refractivity contribution in [1.29, 1.82) is 0 Å². The van der Waals surface area contributed by atoms with Crippen LogP contribution in [0.4, 0.5) is 11.6 Å². The van der Waals surface area contributed by atoms with Crippen molar-refractivity contribution in [3.05, 3.63) is 65.7 Å². The summed E-state index contributed by atoms with van der Waals surface area (Å²) in [5, 5.41) is 4.32. The van der Waals surface area contributed by atoms with Crippen LogP contribution in [0.25, 0.3) is 0 Å². The fourth-order valence-electron chi connectivity index (χ4n) is 3.37. The van der Waals surface area contributed by atoms with Crippen molar-refractivity contribution < 1.29 is 4.79 Å². The Morgan fingerprint density at radius 2 is 1.86 bits per heavy atom. The summed E-state index contributed by atoms with van der Waals surface area (Å²) in [6, 6.07) is 11.8. The van der Waals surface area contributed by atoms with Gasteiger partial charge in [-0.05, 0) is 18.6 Å². The van der Waals surface area contributed by atoms with Gasteiger partial charge in [0, 0.05) is 32.4 Å². The molecule has 2 aromatic heterocycles. The Labute approximate surface area is 163 Å². The molecule has 3 aromatic rings. The number of amides is 1. The molecule has 2 N–H and O–H groups in total. The van der Waals surface area contributed by atoms with Gasteiger partial charge in [-0.2, -0.15) is 5.10 Å². The third kappa shape index (κ3) is 3.66. The van der Waals surface area contributed by atoms with Gasteiger partial charge in [0.05, 0.1) is 12.7 Å². The molecular formula is C20H23N7O. The average Bonchev–Trinajstić information content (AvgIpc) is 3.08. The molecule has 0 bridgehead atoms. The maximum atomic E-state index is 12.9.